The molecule has 0 fully saturated rings. The predicted octanol–water partition coefficient (Wildman–Crippen LogP) is 4.30. The maximum absolute atomic E-state index is 4.61. The fraction of sp³-hybridized carbons (Fsp3) is 0.667. The quantitative estimate of drug-likeness (QED) is 0.726. The summed E-state index contributed by atoms with van der Waals surface area (Å²) in [6.45, 7) is 21.0. The van der Waals surface area contributed by atoms with Gasteiger partial charge in [-0.05, 0) is 51.7 Å². The normalized spacial score (nSPS) is 14.8. The standard InChI is InChI=1S/C15H28N2/c1-10-13(17-15(7,8)9)16-12(3)11(2)14(4,5)6/h10,17H,2H2,1,3-9H3/b13-10+,16-12+. The fourth-order valence-electron chi connectivity index (χ4n) is 1.34. The van der Waals surface area contributed by atoms with Crippen LogP contribution < -0.4 is 5.32 Å². The number of nitrogens with zero attached hydrogens (tertiary/aromatic N) is 1. The first kappa shape index (κ1) is 16.0. The molecule has 2 heteroatoms. The second-order valence-corrected chi connectivity index (χ2v) is 6.47. The molecule has 0 radical (unpaired) electrons. The molecule has 0 saturated heterocycles. The summed E-state index contributed by atoms with van der Waals surface area (Å²) in [5.74, 6) is 0.903. The van der Waals surface area contributed by atoms with E-state index < -0.39 is 0 Å². The van der Waals surface area contributed by atoms with E-state index in [0.29, 0.717) is 0 Å². The molecule has 0 bridgehead atoms. The highest BCUT2D eigenvalue weighted by molar-refractivity contribution is 5.99. The van der Waals surface area contributed by atoms with Crippen LogP contribution in [0, 0.1) is 5.41 Å². The zero-order valence-corrected chi connectivity index (χ0v) is 12.7. The third kappa shape index (κ3) is 6.30. The fourth-order valence-corrected chi connectivity index (χ4v) is 1.34. The predicted molar refractivity (Wildman–Crippen MR) is 78.3 cm³/mol. The average Bonchev–Trinajstić information content (AvgIpc) is 2.11. The molecule has 0 aliphatic heterocycles. The highest BCUT2D eigenvalue weighted by Crippen LogP contribution is 2.25. The molecule has 0 heterocycles. The summed E-state index contributed by atoms with van der Waals surface area (Å²) < 4.78 is 0. The van der Waals surface area contributed by atoms with Crippen LogP contribution in [0.15, 0.2) is 29.0 Å². The lowest BCUT2D eigenvalue weighted by atomic mass is 9.85. The van der Waals surface area contributed by atoms with Crippen LogP contribution in [0.1, 0.15) is 55.4 Å². The minimum Gasteiger partial charge on any atom is -0.366 e. The van der Waals surface area contributed by atoms with E-state index in [1.807, 2.05) is 19.9 Å². The van der Waals surface area contributed by atoms with Gasteiger partial charge < -0.3 is 5.32 Å². The van der Waals surface area contributed by atoms with Crippen molar-refractivity contribution < 1.29 is 0 Å². The Morgan fingerprint density at radius 3 is 1.88 bits per heavy atom. The van der Waals surface area contributed by atoms with E-state index in [0.717, 1.165) is 17.1 Å². The van der Waals surface area contributed by atoms with Crippen molar-refractivity contribution in [3.8, 4) is 0 Å². The first-order chi connectivity index (χ1) is 7.47. The van der Waals surface area contributed by atoms with Crippen molar-refractivity contribution in [2.45, 2.75) is 60.9 Å². The van der Waals surface area contributed by atoms with Crippen LogP contribution in [-0.2, 0) is 0 Å². The second-order valence-electron chi connectivity index (χ2n) is 6.47. The lowest BCUT2D eigenvalue weighted by Gasteiger charge is -2.25. The van der Waals surface area contributed by atoms with Crippen LogP contribution in [0.3, 0.4) is 0 Å². The monoisotopic (exact) mass is 236 g/mol. The highest BCUT2D eigenvalue weighted by atomic mass is 15.1. The van der Waals surface area contributed by atoms with Gasteiger partial charge in [-0.3, -0.25) is 0 Å². The van der Waals surface area contributed by atoms with Gasteiger partial charge in [0.15, 0.2) is 0 Å². The third-order valence-corrected chi connectivity index (χ3v) is 2.41. The van der Waals surface area contributed by atoms with Crippen LogP contribution in [0.5, 0.6) is 0 Å². The molecule has 0 rings (SSSR count). The molecule has 0 amide bonds. The second kappa shape index (κ2) is 5.52. The summed E-state index contributed by atoms with van der Waals surface area (Å²) in [5, 5.41) is 3.38. The minimum absolute atomic E-state index is 0.0225. The van der Waals surface area contributed by atoms with Crippen molar-refractivity contribution in [2.75, 3.05) is 0 Å². The van der Waals surface area contributed by atoms with E-state index in [9.17, 15) is 0 Å². The molecule has 0 aromatic rings. The van der Waals surface area contributed by atoms with E-state index in [1.165, 1.54) is 0 Å². The number of hydrogen-bond acceptors (Lipinski definition) is 2. The molecule has 0 saturated carbocycles. The van der Waals surface area contributed by atoms with Crippen molar-refractivity contribution >= 4 is 5.71 Å². The Bertz CT molecular complexity index is 333. The molecule has 0 aliphatic carbocycles. The van der Waals surface area contributed by atoms with Crippen LogP contribution in [0.4, 0.5) is 0 Å². The van der Waals surface area contributed by atoms with Gasteiger partial charge in [-0.2, -0.15) is 0 Å². The van der Waals surface area contributed by atoms with E-state index in [-0.39, 0.29) is 11.0 Å². The molecule has 2 nitrogen and oxygen atoms in total. The van der Waals surface area contributed by atoms with E-state index in [2.05, 4.69) is 58.4 Å². The third-order valence-electron chi connectivity index (χ3n) is 2.41. The Balaban J connectivity index is 4.95. The Morgan fingerprint density at radius 1 is 1.12 bits per heavy atom. The van der Waals surface area contributed by atoms with Gasteiger partial charge in [0, 0.05) is 11.3 Å². The van der Waals surface area contributed by atoms with Crippen LogP contribution in [0.25, 0.3) is 0 Å². The molecule has 17 heavy (non-hydrogen) atoms. The Morgan fingerprint density at radius 2 is 1.59 bits per heavy atom. The molecule has 1 N–H and O–H groups in total. The molecular weight excluding hydrogens is 208 g/mol. The van der Waals surface area contributed by atoms with E-state index >= 15 is 0 Å². The lowest BCUT2D eigenvalue weighted by molar-refractivity contribution is 0.470. The van der Waals surface area contributed by atoms with Crippen molar-refractivity contribution in [3.63, 3.8) is 0 Å². The van der Waals surface area contributed by atoms with Gasteiger partial charge in [0.2, 0.25) is 0 Å². The maximum Gasteiger partial charge on any atom is 0.122 e. The van der Waals surface area contributed by atoms with Crippen molar-refractivity contribution in [2.24, 2.45) is 10.4 Å². The maximum atomic E-state index is 4.61. The van der Waals surface area contributed by atoms with Crippen molar-refractivity contribution in [3.05, 3.63) is 24.0 Å². The van der Waals surface area contributed by atoms with Gasteiger partial charge >= 0.3 is 0 Å². The minimum atomic E-state index is 0.0225. The van der Waals surface area contributed by atoms with Gasteiger partial charge in [-0.15, -0.1) is 0 Å². The summed E-state index contributed by atoms with van der Waals surface area (Å²) in [6, 6.07) is 0. The molecular formula is C15H28N2. The van der Waals surface area contributed by atoms with E-state index in [4.69, 9.17) is 0 Å². The highest BCUT2D eigenvalue weighted by Gasteiger charge is 2.18. The zero-order valence-electron chi connectivity index (χ0n) is 12.7. The molecule has 0 unspecified atom stereocenters. The molecule has 0 spiro atoms. The van der Waals surface area contributed by atoms with Crippen molar-refractivity contribution in [1.29, 1.82) is 0 Å². The lowest BCUT2D eigenvalue weighted by Crippen LogP contribution is -2.34. The van der Waals surface area contributed by atoms with Gasteiger partial charge in [0.25, 0.3) is 0 Å². The topological polar surface area (TPSA) is 24.4 Å². The summed E-state index contributed by atoms with van der Waals surface area (Å²) >= 11 is 0. The Labute approximate surface area is 107 Å². The zero-order chi connectivity index (χ0) is 13.9. The Kier molecular flexibility index (Phi) is 5.18. The van der Waals surface area contributed by atoms with E-state index in [1.54, 1.807) is 0 Å². The summed E-state index contributed by atoms with van der Waals surface area (Å²) in [4.78, 5) is 4.61. The first-order valence-electron chi connectivity index (χ1n) is 6.17. The Hall–Kier alpha value is -1.05. The number of hydrogen-bond donors (Lipinski definition) is 1. The smallest absolute Gasteiger partial charge is 0.122 e. The number of allylic oxidation sites excluding steroid dienone is 2. The average molecular weight is 236 g/mol. The van der Waals surface area contributed by atoms with Crippen LogP contribution in [-0.4, -0.2) is 11.3 Å². The van der Waals surface area contributed by atoms with Crippen LogP contribution >= 0.6 is 0 Å². The van der Waals surface area contributed by atoms with Gasteiger partial charge in [0.1, 0.15) is 5.82 Å². The number of nitrogens with one attached hydrogen (secondary N) is 1. The van der Waals surface area contributed by atoms with Gasteiger partial charge in [-0.25, -0.2) is 4.99 Å². The van der Waals surface area contributed by atoms with Gasteiger partial charge in [-0.1, -0.05) is 27.4 Å². The van der Waals surface area contributed by atoms with Gasteiger partial charge in [0.05, 0.1) is 0 Å². The number of aliphatic imine (C=N–C) groups is 1. The summed E-state index contributed by atoms with van der Waals surface area (Å²) in [5.41, 5.74) is 2.15. The molecule has 0 aromatic carbocycles. The SMILES string of the molecule is C=C(/C(C)=N/C(=C\C)NC(C)(C)C)C(C)(C)C. The molecule has 0 atom stereocenters. The first-order valence-corrected chi connectivity index (χ1v) is 6.17. The summed E-state index contributed by atoms with van der Waals surface area (Å²) in [7, 11) is 0. The van der Waals surface area contributed by atoms with Crippen LogP contribution in [0.2, 0.25) is 0 Å². The summed E-state index contributed by atoms with van der Waals surface area (Å²) in [6.07, 6.45) is 1.99. The molecule has 0 aromatic heterocycles. The molecule has 0 aliphatic rings. The van der Waals surface area contributed by atoms with Crippen molar-refractivity contribution in [1.82, 2.24) is 5.32 Å². The number of rotatable bonds is 3. The largest absolute Gasteiger partial charge is 0.366 e. The molecule has 98 valence electrons.